The van der Waals surface area contributed by atoms with Crippen LogP contribution in [0, 0.1) is 13.8 Å². The van der Waals surface area contributed by atoms with Crippen molar-refractivity contribution in [2.45, 2.75) is 78.2 Å². The maximum Gasteiger partial charge on any atom is 0.0320 e. The lowest BCUT2D eigenvalue weighted by atomic mass is 9.95. The molecule has 0 saturated heterocycles. The fourth-order valence-corrected chi connectivity index (χ4v) is 2.98. The van der Waals surface area contributed by atoms with Gasteiger partial charge in [0, 0.05) is 6.04 Å². The molecule has 0 aliphatic rings. The van der Waals surface area contributed by atoms with Crippen LogP contribution in [0.25, 0.3) is 0 Å². The van der Waals surface area contributed by atoms with E-state index in [1.165, 1.54) is 68.1 Å². The highest BCUT2D eigenvalue weighted by Gasteiger charge is 2.11. The number of rotatable bonds is 10. The van der Waals surface area contributed by atoms with Crippen LogP contribution in [0.1, 0.15) is 81.0 Å². The average Bonchev–Trinajstić information content (AvgIpc) is 2.43. The van der Waals surface area contributed by atoms with Crippen molar-refractivity contribution in [3.63, 3.8) is 0 Å². The van der Waals surface area contributed by atoms with Crippen molar-refractivity contribution in [3.05, 3.63) is 34.9 Å². The van der Waals surface area contributed by atoms with Crippen LogP contribution in [0.3, 0.4) is 0 Å². The van der Waals surface area contributed by atoms with Gasteiger partial charge in [0.05, 0.1) is 0 Å². The molecule has 0 fully saturated rings. The van der Waals surface area contributed by atoms with Crippen molar-refractivity contribution < 1.29 is 0 Å². The van der Waals surface area contributed by atoms with E-state index in [4.69, 9.17) is 0 Å². The van der Waals surface area contributed by atoms with Crippen LogP contribution in [-0.4, -0.2) is 7.05 Å². The van der Waals surface area contributed by atoms with Gasteiger partial charge in [0.2, 0.25) is 0 Å². The largest absolute Gasteiger partial charge is 0.313 e. The predicted molar refractivity (Wildman–Crippen MR) is 90.3 cm³/mol. The average molecular weight is 275 g/mol. The van der Waals surface area contributed by atoms with Crippen LogP contribution in [0.5, 0.6) is 0 Å². The molecular weight excluding hydrogens is 242 g/mol. The summed E-state index contributed by atoms with van der Waals surface area (Å²) in [4.78, 5) is 0. The van der Waals surface area contributed by atoms with E-state index in [-0.39, 0.29) is 0 Å². The number of unbranched alkanes of at least 4 members (excludes halogenated alkanes) is 6. The van der Waals surface area contributed by atoms with Gasteiger partial charge in [0.1, 0.15) is 0 Å². The standard InChI is InChI=1S/C19H33N/c1-5-6-7-8-9-10-11-12-19(20-4)18-14-13-16(2)15-17(18)3/h13-15,19-20H,5-12H2,1-4H3. The van der Waals surface area contributed by atoms with Gasteiger partial charge in [-0.3, -0.25) is 0 Å². The van der Waals surface area contributed by atoms with Crippen molar-refractivity contribution in [3.8, 4) is 0 Å². The monoisotopic (exact) mass is 275 g/mol. The Morgan fingerprint density at radius 2 is 1.60 bits per heavy atom. The van der Waals surface area contributed by atoms with Gasteiger partial charge in [0.15, 0.2) is 0 Å². The third-order valence-electron chi connectivity index (χ3n) is 4.25. The maximum absolute atomic E-state index is 3.49. The molecule has 1 rings (SSSR count). The molecule has 1 unspecified atom stereocenters. The summed E-state index contributed by atoms with van der Waals surface area (Å²) in [6.45, 7) is 6.68. The maximum atomic E-state index is 3.49. The Balaban J connectivity index is 2.32. The molecule has 1 atom stereocenters. The highest BCUT2D eigenvalue weighted by atomic mass is 14.9. The fourth-order valence-electron chi connectivity index (χ4n) is 2.98. The van der Waals surface area contributed by atoms with E-state index < -0.39 is 0 Å². The molecule has 1 N–H and O–H groups in total. The van der Waals surface area contributed by atoms with E-state index in [9.17, 15) is 0 Å². The first kappa shape index (κ1) is 17.2. The first-order valence-corrected chi connectivity index (χ1v) is 8.43. The van der Waals surface area contributed by atoms with Crippen LogP contribution in [0.2, 0.25) is 0 Å². The lowest BCUT2D eigenvalue weighted by Gasteiger charge is -2.19. The predicted octanol–water partition coefficient (Wildman–Crippen LogP) is 5.70. The molecule has 0 aromatic heterocycles. The number of hydrogen-bond donors (Lipinski definition) is 1. The second kappa shape index (κ2) is 9.99. The molecule has 0 bridgehead atoms. The van der Waals surface area contributed by atoms with Gasteiger partial charge in [0.25, 0.3) is 0 Å². The molecule has 0 aliphatic heterocycles. The Morgan fingerprint density at radius 1 is 0.950 bits per heavy atom. The molecule has 0 radical (unpaired) electrons. The topological polar surface area (TPSA) is 12.0 Å². The zero-order valence-corrected chi connectivity index (χ0v) is 14.0. The van der Waals surface area contributed by atoms with E-state index in [0.29, 0.717) is 6.04 Å². The van der Waals surface area contributed by atoms with Crippen molar-refractivity contribution in [1.29, 1.82) is 0 Å². The van der Waals surface area contributed by atoms with Gasteiger partial charge in [-0.25, -0.2) is 0 Å². The van der Waals surface area contributed by atoms with Gasteiger partial charge in [-0.15, -0.1) is 0 Å². The smallest absolute Gasteiger partial charge is 0.0320 e. The van der Waals surface area contributed by atoms with E-state index in [0.717, 1.165) is 0 Å². The molecule has 0 aliphatic carbocycles. The van der Waals surface area contributed by atoms with Crippen molar-refractivity contribution in [2.24, 2.45) is 0 Å². The summed E-state index contributed by atoms with van der Waals surface area (Å²) >= 11 is 0. The molecule has 1 nitrogen and oxygen atoms in total. The van der Waals surface area contributed by atoms with Gasteiger partial charge >= 0.3 is 0 Å². The van der Waals surface area contributed by atoms with Gasteiger partial charge in [-0.05, 0) is 38.4 Å². The Hall–Kier alpha value is -0.820. The molecule has 1 heteroatoms. The zero-order chi connectivity index (χ0) is 14.8. The minimum atomic E-state index is 0.520. The molecule has 0 saturated carbocycles. The Bertz CT molecular complexity index is 370. The van der Waals surface area contributed by atoms with Gasteiger partial charge in [-0.1, -0.05) is 75.6 Å². The molecule has 0 amide bonds. The van der Waals surface area contributed by atoms with Crippen LogP contribution >= 0.6 is 0 Å². The molecule has 0 heterocycles. The summed E-state index contributed by atoms with van der Waals surface area (Å²) in [6, 6.07) is 7.35. The highest BCUT2D eigenvalue weighted by molar-refractivity contribution is 5.32. The summed E-state index contributed by atoms with van der Waals surface area (Å²) < 4.78 is 0. The van der Waals surface area contributed by atoms with E-state index >= 15 is 0 Å². The van der Waals surface area contributed by atoms with Crippen LogP contribution in [0.15, 0.2) is 18.2 Å². The second-order valence-electron chi connectivity index (χ2n) is 6.11. The normalized spacial score (nSPS) is 12.6. The van der Waals surface area contributed by atoms with Gasteiger partial charge < -0.3 is 5.32 Å². The number of hydrogen-bond acceptors (Lipinski definition) is 1. The molecule has 1 aromatic rings. The van der Waals surface area contributed by atoms with Crippen molar-refractivity contribution >= 4 is 0 Å². The summed E-state index contributed by atoms with van der Waals surface area (Å²) in [6.07, 6.45) is 11.0. The third kappa shape index (κ3) is 6.09. The second-order valence-corrected chi connectivity index (χ2v) is 6.11. The van der Waals surface area contributed by atoms with Crippen LogP contribution in [-0.2, 0) is 0 Å². The lowest BCUT2D eigenvalue weighted by Crippen LogP contribution is -2.17. The minimum Gasteiger partial charge on any atom is -0.313 e. The highest BCUT2D eigenvalue weighted by Crippen LogP contribution is 2.24. The summed E-state index contributed by atoms with van der Waals surface area (Å²) in [5.74, 6) is 0. The van der Waals surface area contributed by atoms with E-state index in [1.807, 2.05) is 0 Å². The SMILES string of the molecule is CCCCCCCCCC(NC)c1ccc(C)cc1C. The number of aryl methyl sites for hydroxylation is 2. The first-order valence-electron chi connectivity index (χ1n) is 8.43. The summed E-state index contributed by atoms with van der Waals surface area (Å²) in [5, 5.41) is 3.49. The molecule has 20 heavy (non-hydrogen) atoms. The number of nitrogens with one attached hydrogen (secondary N) is 1. The number of benzene rings is 1. The zero-order valence-electron chi connectivity index (χ0n) is 14.0. The molecule has 114 valence electrons. The lowest BCUT2D eigenvalue weighted by molar-refractivity contribution is 0.494. The third-order valence-corrected chi connectivity index (χ3v) is 4.25. The van der Waals surface area contributed by atoms with Gasteiger partial charge in [-0.2, -0.15) is 0 Å². The summed E-state index contributed by atoms with van der Waals surface area (Å²) in [7, 11) is 2.09. The Kier molecular flexibility index (Phi) is 8.60. The van der Waals surface area contributed by atoms with Crippen LogP contribution in [0.4, 0.5) is 0 Å². The Labute approximate surface area is 126 Å². The van der Waals surface area contributed by atoms with E-state index in [2.05, 4.69) is 51.3 Å². The van der Waals surface area contributed by atoms with Crippen LogP contribution < -0.4 is 5.32 Å². The molecule has 0 spiro atoms. The minimum absolute atomic E-state index is 0.520. The van der Waals surface area contributed by atoms with Crippen molar-refractivity contribution in [1.82, 2.24) is 5.32 Å². The van der Waals surface area contributed by atoms with E-state index in [1.54, 1.807) is 0 Å². The first-order chi connectivity index (χ1) is 9.69. The molecule has 1 aromatic carbocycles. The molecular formula is C19H33N. The Morgan fingerprint density at radius 3 is 2.20 bits per heavy atom. The fraction of sp³-hybridized carbons (Fsp3) is 0.684. The quantitative estimate of drug-likeness (QED) is 0.540. The van der Waals surface area contributed by atoms with Crippen molar-refractivity contribution in [2.75, 3.05) is 7.05 Å². The summed E-state index contributed by atoms with van der Waals surface area (Å²) in [5.41, 5.74) is 4.26.